The SMILES string of the molecule is C=C(CS(=O)(=O)c1ccc([N+](=O)[O-])cc1)c1ccccc1. The molecule has 0 radical (unpaired) electrons. The summed E-state index contributed by atoms with van der Waals surface area (Å²) in [5.41, 5.74) is 1.09. The van der Waals surface area contributed by atoms with E-state index in [1.54, 1.807) is 24.3 Å². The van der Waals surface area contributed by atoms with E-state index < -0.39 is 14.8 Å². The molecule has 0 spiro atoms. The van der Waals surface area contributed by atoms with E-state index in [4.69, 9.17) is 0 Å². The molecule has 2 aromatic carbocycles. The van der Waals surface area contributed by atoms with Gasteiger partial charge in [0.2, 0.25) is 0 Å². The Morgan fingerprint density at radius 2 is 1.62 bits per heavy atom. The first-order valence-electron chi connectivity index (χ1n) is 6.10. The maximum Gasteiger partial charge on any atom is 0.269 e. The molecule has 0 atom stereocenters. The molecule has 0 unspecified atom stereocenters. The van der Waals surface area contributed by atoms with Crippen LogP contribution in [-0.4, -0.2) is 19.1 Å². The van der Waals surface area contributed by atoms with Crippen molar-refractivity contribution in [2.75, 3.05) is 5.75 Å². The lowest BCUT2D eigenvalue weighted by Crippen LogP contribution is -2.08. The van der Waals surface area contributed by atoms with Crippen molar-refractivity contribution in [3.05, 3.63) is 76.9 Å². The van der Waals surface area contributed by atoms with Gasteiger partial charge in [-0.2, -0.15) is 0 Å². The number of nitro groups is 1. The Balaban J connectivity index is 2.22. The fourth-order valence-corrected chi connectivity index (χ4v) is 3.19. The van der Waals surface area contributed by atoms with Crippen LogP contribution in [0, 0.1) is 10.1 Å². The van der Waals surface area contributed by atoms with Crippen molar-refractivity contribution in [3.8, 4) is 0 Å². The molecule has 5 nitrogen and oxygen atoms in total. The molecule has 6 heteroatoms. The zero-order chi connectivity index (χ0) is 15.5. The summed E-state index contributed by atoms with van der Waals surface area (Å²) in [6, 6.07) is 13.9. The first kappa shape index (κ1) is 14.9. The van der Waals surface area contributed by atoms with Crippen LogP contribution < -0.4 is 0 Å². The van der Waals surface area contributed by atoms with Gasteiger partial charge in [-0.1, -0.05) is 36.9 Å². The van der Waals surface area contributed by atoms with E-state index in [0.29, 0.717) is 5.57 Å². The smallest absolute Gasteiger partial charge is 0.258 e. The zero-order valence-corrected chi connectivity index (χ0v) is 11.9. The quantitative estimate of drug-likeness (QED) is 0.628. The van der Waals surface area contributed by atoms with E-state index in [1.807, 2.05) is 6.07 Å². The highest BCUT2D eigenvalue weighted by molar-refractivity contribution is 7.91. The summed E-state index contributed by atoms with van der Waals surface area (Å²) in [4.78, 5) is 10.0. The summed E-state index contributed by atoms with van der Waals surface area (Å²) in [6.07, 6.45) is 0. The van der Waals surface area contributed by atoms with Crippen LogP contribution in [0.25, 0.3) is 5.57 Å². The minimum absolute atomic E-state index is 0.0465. The van der Waals surface area contributed by atoms with Gasteiger partial charge in [0.05, 0.1) is 15.6 Å². The Kier molecular flexibility index (Phi) is 4.18. The first-order valence-corrected chi connectivity index (χ1v) is 7.76. The van der Waals surface area contributed by atoms with E-state index >= 15 is 0 Å². The molecule has 2 aromatic rings. The van der Waals surface area contributed by atoms with Crippen molar-refractivity contribution in [2.24, 2.45) is 0 Å². The molecular weight excluding hydrogens is 290 g/mol. The molecule has 0 saturated carbocycles. The van der Waals surface area contributed by atoms with E-state index in [1.165, 1.54) is 24.3 Å². The summed E-state index contributed by atoms with van der Waals surface area (Å²) in [5, 5.41) is 10.6. The normalized spacial score (nSPS) is 11.0. The molecule has 0 aliphatic rings. The van der Waals surface area contributed by atoms with Gasteiger partial charge in [0.15, 0.2) is 9.84 Å². The lowest BCUT2D eigenvalue weighted by atomic mass is 10.1. The molecule has 0 heterocycles. The number of nitro benzene ring substituents is 1. The predicted molar refractivity (Wildman–Crippen MR) is 80.6 cm³/mol. The van der Waals surface area contributed by atoms with Crippen molar-refractivity contribution in [1.29, 1.82) is 0 Å². The Labute approximate surface area is 122 Å². The minimum Gasteiger partial charge on any atom is -0.258 e. The van der Waals surface area contributed by atoms with E-state index in [0.717, 1.165) is 5.56 Å². The molecule has 0 aromatic heterocycles. The van der Waals surface area contributed by atoms with Gasteiger partial charge in [-0.25, -0.2) is 8.42 Å². The Morgan fingerprint density at radius 3 is 2.14 bits per heavy atom. The summed E-state index contributed by atoms with van der Waals surface area (Å²) in [6.45, 7) is 3.79. The van der Waals surface area contributed by atoms with Gasteiger partial charge in [-0.15, -0.1) is 0 Å². The number of hydrogen-bond acceptors (Lipinski definition) is 4. The van der Waals surface area contributed by atoms with E-state index in [9.17, 15) is 18.5 Å². The van der Waals surface area contributed by atoms with Crippen LogP contribution in [0.5, 0.6) is 0 Å². The van der Waals surface area contributed by atoms with Gasteiger partial charge in [0.1, 0.15) is 0 Å². The zero-order valence-electron chi connectivity index (χ0n) is 11.1. The van der Waals surface area contributed by atoms with Gasteiger partial charge in [0, 0.05) is 12.1 Å². The van der Waals surface area contributed by atoms with Gasteiger partial charge in [0.25, 0.3) is 5.69 Å². The minimum atomic E-state index is -3.57. The molecule has 21 heavy (non-hydrogen) atoms. The predicted octanol–water partition coefficient (Wildman–Crippen LogP) is 3.08. The fourth-order valence-electron chi connectivity index (χ4n) is 1.85. The number of non-ortho nitro benzene ring substituents is 1. The van der Waals surface area contributed by atoms with Crippen LogP contribution in [0.3, 0.4) is 0 Å². The summed E-state index contributed by atoms with van der Waals surface area (Å²) >= 11 is 0. The van der Waals surface area contributed by atoms with Crippen LogP contribution in [0.4, 0.5) is 5.69 Å². The maximum absolute atomic E-state index is 12.3. The second-order valence-electron chi connectivity index (χ2n) is 4.48. The third-order valence-electron chi connectivity index (χ3n) is 2.95. The van der Waals surface area contributed by atoms with Gasteiger partial charge in [-0.05, 0) is 23.3 Å². The summed E-state index contributed by atoms with van der Waals surface area (Å²) in [7, 11) is -3.57. The Morgan fingerprint density at radius 1 is 1.05 bits per heavy atom. The molecule has 108 valence electrons. The molecule has 0 saturated heterocycles. The lowest BCUT2D eigenvalue weighted by molar-refractivity contribution is -0.384. The Hall–Kier alpha value is -2.47. The second-order valence-corrected chi connectivity index (χ2v) is 6.47. The maximum atomic E-state index is 12.3. The van der Waals surface area contributed by atoms with Crippen molar-refractivity contribution in [2.45, 2.75) is 4.90 Å². The average molecular weight is 303 g/mol. The summed E-state index contributed by atoms with van der Waals surface area (Å²) < 4.78 is 24.5. The largest absolute Gasteiger partial charge is 0.269 e. The molecule has 0 bridgehead atoms. The van der Waals surface area contributed by atoms with Crippen LogP contribution in [0.1, 0.15) is 5.56 Å². The van der Waals surface area contributed by atoms with Crippen LogP contribution >= 0.6 is 0 Å². The van der Waals surface area contributed by atoms with Gasteiger partial charge >= 0.3 is 0 Å². The van der Waals surface area contributed by atoms with E-state index in [-0.39, 0.29) is 16.3 Å². The van der Waals surface area contributed by atoms with Gasteiger partial charge in [-0.3, -0.25) is 10.1 Å². The highest BCUT2D eigenvalue weighted by Crippen LogP contribution is 2.21. The van der Waals surface area contributed by atoms with Crippen molar-refractivity contribution in [3.63, 3.8) is 0 Å². The number of hydrogen-bond donors (Lipinski definition) is 0. The molecule has 0 amide bonds. The highest BCUT2D eigenvalue weighted by atomic mass is 32.2. The molecule has 0 aliphatic heterocycles. The molecule has 2 rings (SSSR count). The monoisotopic (exact) mass is 303 g/mol. The van der Waals surface area contributed by atoms with Crippen molar-refractivity contribution in [1.82, 2.24) is 0 Å². The lowest BCUT2D eigenvalue weighted by Gasteiger charge is -2.07. The van der Waals surface area contributed by atoms with Crippen LogP contribution in [-0.2, 0) is 9.84 Å². The van der Waals surface area contributed by atoms with Crippen LogP contribution in [0.2, 0.25) is 0 Å². The third kappa shape index (κ3) is 3.55. The number of sulfone groups is 1. The van der Waals surface area contributed by atoms with Gasteiger partial charge < -0.3 is 0 Å². The van der Waals surface area contributed by atoms with Crippen molar-refractivity contribution < 1.29 is 13.3 Å². The molecule has 0 aliphatic carbocycles. The second kappa shape index (κ2) is 5.88. The topological polar surface area (TPSA) is 77.3 Å². The Bertz CT molecular complexity index is 765. The standard InChI is InChI=1S/C15H13NO4S/c1-12(13-5-3-2-4-6-13)11-21(19,20)15-9-7-14(8-10-15)16(17)18/h2-10H,1,11H2. The highest BCUT2D eigenvalue weighted by Gasteiger charge is 2.18. The third-order valence-corrected chi connectivity index (χ3v) is 4.67. The molecule has 0 fully saturated rings. The average Bonchev–Trinajstić information content (AvgIpc) is 2.48. The molecular formula is C15H13NO4S. The van der Waals surface area contributed by atoms with Crippen molar-refractivity contribution >= 4 is 21.1 Å². The van der Waals surface area contributed by atoms with E-state index in [2.05, 4.69) is 6.58 Å². The number of benzene rings is 2. The first-order chi connectivity index (χ1) is 9.90. The number of rotatable bonds is 5. The molecule has 0 N–H and O–H groups in total. The fraction of sp³-hybridized carbons (Fsp3) is 0.0667. The number of nitrogens with zero attached hydrogens (tertiary/aromatic N) is 1. The summed E-state index contributed by atoms with van der Waals surface area (Å²) in [5.74, 6) is -0.227. The van der Waals surface area contributed by atoms with Crippen LogP contribution in [0.15, 0.2) is 66.1 Å².